The van der Waals surface area contributed by atoms with E-state index in [4.69, 9.17) is 0 Å². The van der Waals surface area contributed by atoms with Gasteiger partial charge in [0.2, 0.25) is 0 Å². The van der Waals surface area contributed by atoms with Gasteiger partial charge in [-0.2, -0.15) is 0 Å². The Bertz CT molecular complexity index is 726. The quantitative estimate of drug-likeness (QED) is 0.625. The maximum absolute atomic E-state index is 14.2. The van der Waals surface area contributed by atoms with Crippen molar-refractivity contribution in [2.75, 3.05) is 18.9 Å². The van der Waals surface area contributed by atoms with Crippen molar-refractivity contribution in [1.82, 2.24) is 4.90 Å². The molecule has 2 rings (SSSR count). The fourth-order valence-electron chi connectivity index (χ4n) is 2.13. The van der Waals surface area contributed by atoms with Crippen molar-refractivity contribution in [3.8, 4) is 0 Å². The summed E-state index contributed by atoms with van der Waals surface area (Å²) in [5.74, 6) is -0.740. The summed E-state index contributed by atoms with van der Waals surface area (Å²) < 4.78 is 27.9. The number of anilines is 2. The van der Waals surface area contributed by atoms with Crippen LogP contribution in [0.1, 0.15) is 18.1 Å². The molecule has 2 aromatic carbocycles. The van der Waals surface area contributed by atoms with Crippen molar-refractivity contribution < 1.29 is 8.78 Å². The SMILES string of the molecule is CCN(C)C=Nc1c(C)cc(F)cc1Nc1cccc(C)c1F. The summed E-state index contributed by atoms with van der Waals surface area (Å²) in [5.41, 5.74) is 2.54. The fourth-order valence-corrected chi connectivity index (χ4v) is 2.13. The van der Waals surface area contributed by atoms with E-state index in [0.29, 0.717) is 28.2 Å². The average molecular weight is 317 g/mol. The molecule has 0 atom stereocenters. The minimum atomic E-state index is -0.388. The molecule has 122 valence electrons. The first kappa shape index (κ1) is 16.9. The van der Waals surface area contributed by atoms with E-state index in [1.165, 1.54) is 12.1 Å². The molecule has 0 aromatic heterocycles. The second-order valence-electron chi connectivity index (χ2n) is 5.50. The summed E-state index contributed by atoms with van der Waals surface area (Å²) >= 11 is 0. The van der Waals surface area contributed by atoms with Crippen molar-refractivity contribution in [2.24, 2.45) is 4.99 Å². The van der Waals surface area contributed by atoms with Crippen molar-refractivity contribution >= 4 is 23.4 Å². The molecule has 23 heavy (non-hydrogen) atoms. The van der Waals surface area contributed by atoms with E-state index in [0.717, 1.165) is 6.54 Å². The summed E-state index contributed by atoms with van der Waals surface area (Å²) in [4.78, 5) is 6.32. The lowest BCUT2D eigenvalue weighted by Gasteiger charge is -2.14. The van der Waals surface area contributed by atoms with Crippen LogP contribution in [-0.4, -0.2) is 24.8 Å². The lowest BCUT2D eigenvalue weighted by Crippen LogP contribution is -2.14. The van der Waals surface area contributed by atoms with Crippen LogP contribution in [0.5, 0.6) is 0 Å². The number of nitrogens with one attached hydrogen (secondary N) is 1. The highest BCUT2D eigenvalue weighted by molar-refractivity contribution is 5.78. The molecule has 0 aliphatic heterocycles. The zero-order valence-electron chi connectivity index (χ0n) is 13.8. The van der Waals surface area contributed by atoms with Gasteiger partial charge in [-0.25, -0.2) is 13.8 Å². The van der Waals surface area contributed by atoms with Gasteiger partial charge in [0.05, 0.1) is 23.4 Å². The molecule has 0 aliphatic carbocycles. The monoisotopic (exact) mass is 317 g/mol. The van der Waals surface area contributed by atoms with Gasteiger partial charge in [-0.05, 0) is 50.1 Å². The Balaban J connectivity index is 2.44. The molecule has 0 unspecified atom stereocenters. The van der Waals surface area contributed by atoms with Crippen molar-refractivity contribution in [3.63, 3.8) is 0 Å². The number of aryl methyl sites for hydroxylation is 2. The summed E-state index contributed by atoms with van der Waals surface area (Å²) in [6, 6.07) is 7.80. The number of hydrogen-bond donors (Lipinski definition) is 1. The Morgan fingerprint density at radius 3 is 2.57 bits per heavy atom. The first-order valence-electron chi connectivity index (χ1n) is 7.49. The Morgan fingerprint density at radius 2 is 1.87 bits per heavy atom. The van der Waals surface area contributed by atoms with Gasteiger partial charge in [0.1, 0.15) is 11.6 Å². The van der Waals surface area contributed by atoms with E-state index in [1.54, 1.807) is 38.4 Å². The highest BCUT2D eigenvalue weighted by Gasteiger charge is 2.11. The Morgan fingerprint density at radius 1 is 1.13 bits per heavy atom. The third-order valence-corrected chi connectivity index (χ3v) is 3.61. The minimum Gasteiger partial charge on any atom is -0.366 e. The number of aliphatic imine (C=N–C) groups is 1. The molecule has 0 fully saturated rings. The van der Waals surface area contributed by atoms with Crippen molar-refractivity contribution in [1.29, 1.82) is 0 Å². The summed E-state index contributed by atoms with van der Waals surface area (Å²) in [5, 5.41) is 2.96. The molecule has 2 aromatic rings. The van der Waals surface area contributed by atoms with Crippen LogP contribution in [0.4, 0.5) is 25.8 Å². The van der Waals surface area contributed by atoms with Crippen LogP contribution in [0.3, 0.4) is 0 Å². The average Bonchev–Trinajstić information content (AvgIpc) is 2.50. The summed E-state index contributed by atoms with van der Waals surface area (Å²) in [6.07, 6.45) is 1.68. The molecule has 0 aliphatic rings. The van der Waals surface area contributed by atoms with E-state index in [2.05, 4.69) is 10.3 Å². The van der Waals surface area contributed by atoms with E-state index in [1.807, 2.05) is 18.9 Å². The van der Waals surface area contributed by atoms with Crippen LogP contribution in [0.15, 0.2) is 35.3 Å². The van der Waals surface area contributed by atoms with Gasteiger partial charge in [0.15, 0.2) is 0 Å². The highest BCUT2D eigenvalue weighted by atomic mass is 19.1. The summed E-state index contributed by atoms with van der Waals surface area (Å²) in [6.45, 7) is 6.27. The molecular weight excluding hydrogens is 296 g/mol. The van der Waals surface area contributed by atoms with Gasteiger partial charge in [-0.15, -0.1) is 0 Å². The fraction of sp³-hybridized carbons (Fsp3) is 0.278. The third-order valence-electron chi connectivity index (χ3n) is 3.61. The first-order chi connectivity index (χ1) is 10.9. The number of hydrogen-bond acceptors (Lipinski definition) is 2. The standard InChI is InChI=1S/C18H21F2N3/c1-5-23(4)11-21-18-13(3)9-14(19)10-16(18)22-15-8-6-7-12(2)17(15)20/h6-11,22H,5H2,1-4H3. The molecule has 0 bridgehead atoms. The molecule has 5 heteroatoms. The second kappa shape index (κ2) is 7.22. The van der Waals surface area contributed by atoms with Crippen LogP contribution < -0.4 is 5.32 Å². The van der Waals surface area contributed by atoms with E-state index in [9.17, 15) is 8.78 Å². The largest absolute Gasteiger partial charge is 0.366 e. The van der Waals surface area contributed by atoms with Crippen molar-refractivity contribution in [3.05, 3.63) is 53.1 Å². The molecular formula is C18H21F2N3. The van der Waals surface area contributed by atoms with Gasteiger partial charge >= 0.3 is 0 Å². The van der Waals surface area contributed by atoms with Crippen LogP contribution in [0.2, 0.25) is 0 Å². The molecule has 1 N–H and O–H groups in total. The predicted octanol–water partition coefficient (Wildman–Crippen LogP) is 4.94. The number of benzene rings is 2. The molecule has 0 saturated heterocycles. The number of nitrogens with zero attached hydrogens (tertiary/aromatic N) is 2. The van der Waals surface area contributed by atoms with Gasteiger partial charge in [0.25, 0.3) is 0 Å². The molecule has 0 spiro atoms. The first-order valence-corrected chi connectivity index (χ1v) is 7.49. The Kier molecular flexibility index (Phi) is 5.32. The lowest BCUT2D eigenvalue weighted by atomic mass is 10.1. The minimum absolute atomic E-state index is 0.301. The Labute approximate surface area is 135 Å². The van der Waals surface area contributed by atoms with Crippen LogP contribution >= 0.6 is 0 Å². The van der Waals surface area contributed by atoms with Crippen LogP contribution in [-0.2, 0) is 0 Å². The second-order valence-corrected chi connectivity index (χ2v) is 5.50. The molecule has 0 heterocycles. The summed E-state index contributed by atoms with van der Waals surface area (Å²) in [7, 11) is 1.90. The van der Waals surface area contributed by atoms with Crippen LogP contribution in [0.25, 0.3) is 0 Å². The van der Waals surface area contributed by atoms with Gasteiger partial charge < -0.3 is 10.2 Å². The van der Waals surface area contributed by atoms with Gasteiger partial charge in [-0.1, -0.05) is 12.1 Å². The molecule has 0 radical (unpaired) electrons. The highest BCUT2D eigenvalue weighted by Crippen LogP contribution is 2.33. The topological polar surface area (TPSA) is 27.6 Å². The van der Waals surface area contributed by atoms with Gasteiger partial charge in [-0.3, -0.25) is 0 Å². The molecule has 3 nitrogen and oxygen atoms in total. The maximum Gasteiger partial charge on any atom is 0.149 e. The Hall–Kier alpha value is -2.43. The zero-order chi connectivity index (χ0) is 17.0. The van der Waals surface area contributed by atoms with E-state index >= 15 is 0 Å². The molecule has 0 amide bonds. The third kappa shape index (κ3) is 4.06. The van der Waals surface area contributed by atoms with Crippen LogP contribution in [0, 0.1) is 25.5 Å². The van der Waals surface area contributed by atoms with Crippen molar-refractivity contribution in [2.45, 2.75) is 20.8 Å². The van der Waals surface area contributed by atoms with E-state index < -0.39 is 0 Å². The smallest absolute Gasteiger partial charge is 0.149 e. The van der Waals surface area contributed by atoms with E-state index in [-0.39, 0.29) is 11.6 Å². The normalized spacial score (nSPS) is 11.0. The predicted molar refractivity (Wildman–Crippen MR) is 92.0 cm³/mol. The zero-order valence-corrected chi connectivity index (χ0v) is 13.8. The lowest BCUT2D eigenvalue weighted by molar-refractivity contribution is 0.552. The number of halogens is 2. The molecule has 0 saturated carbocycles. The van der Waals surface area contributed by atoms with Gasteiger partial charge in [0, 0.05) is 13.6 Å². The maximum atomic E-state index is 14.2. The number of rotatable bonds is 5.